The molecule has 7 heteroatoms. The normalized spacial score (nSPS) is 15.9. The average Bonchev–Trinajstić information content (AvgIpc) is 2.70. The Morgan fingerprint density at radius 2 is 2.00 bits per heavy atom. The molecule has 1 aromatic heterocycles. The minimum Gasteiger partial charge on any atom is -0.492 e. The Bertz CT molecular complexity index is 764. The number of pyridine rings is 1. The van der Waals surface area contributed by atoms with Crippen molar-refractivity contribution in [1.29, 1.82) is 0 Å². The first-order chi connectivity index (χ1) is 10.1. The third-order valence-corrected chi connectivity index (χ3v) is 5.55. The Labute approximate surface area is 128 Å². The molecule has 1 aromatic carbocycles. The Hall–Kier alpha value is -1.63. The van der Waals surface area contributed by atoms with Gasteiger partial charge in [-0.25, -0.2) is 13.4 Å². The Morgan fingerprint density at radius 3 is 2.81 bits per heavy atom. The van der Waals surface area contributed by atoms with Crippen LogP contribution in [0.5, 0.6) is 5.75 Å². The molecule has 0 aliphatic carbocycles. The van der Waals surface area contributed by atoms with Crippen molar-refractivity contribution in [2.75, 3.05) is 13.2 Å². The molecule has 21 heavy (non-hydrogen) atoms. The summed E-state index contributed by atoms with van der Waals surface area (Å²) in [6, 6.07) is 10.4. The van der Waals surface area contributed by atoms with Crippen molar-refractivity contribution in [3.63, 3.8) is 0 Å². The number of nitrogens with zero attached hydrogens (tertiary/aromatic N) is 2. The lowest BCUT2D eigenvalue weighted by Crippen LogP contribution is -2.32. The van der Waals surface area contributed by atoms with Crippen LogP contribution in [0.1, 0.15) is 5.56 Å². The van der Waals surface area contributed by atoms with Gasteiger partial charge in [-0.3, -0.25) is 0 Å². The van der Waals surface area contributed by atoms with E-state index < -0.39 is 10.0 Å². The van der Waals surface area contributed by atoms with Crippen molar-refractivity contribution in [1.82, 2.24) is 9.29 Å². The van der Waals surface area contributed by atoms with E-state index in [0.29, 0.717) is 12.4 Å². The number of para-hydroxylation sites is 1. The number of rotatable bonds is 2. The molecular weight excluding hydrogens is 312 g/mol. The molecule has 0 radical (unpaired) electrons. The number of hydrogen-bond acceptors (Lipinski definition) is 4. The fourth-order valence-corrected chi connectivity index (χ4v) is 4.04. The van der Waals surface area contributed by atoms with Crippen LogP contribution in [-0.2, 0) is 16.6 Å². The molecule has 1 aliphatic heterocycles. The first-order valence-corrected chi connectivity index (χ1v) is 8.22. The molecule has 3 rings (SSSR count). The molecule has 5 nitrogen and oxygen atoms in total. The zero-order valence-corrected chi connectivity index (χ0v) is 12.6. The largest absolute Gasteiger partial charge is 0.492 e. The zero-order valence-electron chi connectivity index (χ0n) is 11.1. The lowest BCUT2D eigenvalue weighted by atomic mass is 10.2. The first-order valence-electron chi connectivity index (χ1n) is 6.40. The summed E-state index contributed by atoms with van der Waals surface area (Å²) in [4.78, 5) is 3.86. The van der Waals surface area contributed by atoms with E-state index in [9.17, 15) is 8.42 Å². The van der Waals surface area contributed by atoms with Crippen LogP contribution in [0.15, 0.2) is 47.5 Å². The molecule has 0 atom stereocenters. The maximum absolute atomic E-state index is 12.7. The molecular formula is C14H13ClN2O3S. The van der Waals surface area contributed by atoms with Gasteiger partial charge < -0.3 is 4.74 Å². The summed E-state index contributed by atoms with van der Waals surface area (Å²) in [5.41, 5.74) is 0.832. The number of aromatic nitrogens is 1. The Balaban J connectivity index is 1.99. The molecule has 1 aliphatic rings. The topological polar surface area (TPSA) is 59.5 Å². The number of benzene rings is 1. The summed E-state index contributed by atoms with van der Waals surface area (Å²) in [6.45, 7) is 0.820. The number of halogens is 1. The van der Waals surface area contributed by atoms with Crippen LogP contribution in [0, 0.1) is 0 Å². The van der Waals surface area contributed by atoms with Gasteiger partial charge in [-0.05, 0) is 18.2 Å². The molecule has 2 aromatic rings. The van der Waals surface area contributed by atoms with Gasteiger partial charge in [0, 0.05) is 24.8 Å². The van der Waals surface area contributed by atoms with Gasteiger partial charge in [0.1, 0.15) is 22.4 Å². The zero-order chi connectivity index (χ0) is 14.9. The SMILES string of the molecule is O=S(=O)(c1cccnc1Cl)N1CCOc2ccccc2C1. The lowest BCUT2D eigenvalue weighted by Gasteiger charge is -2.19. The smallest absolute Gasteiger partial charge is 0.246 e. The van der Waals surface area contributed by atoms with Crippen LogP contribution in [-0.4, -0.2) is 30.9 Å². The monoisotopic (exact) mass is 324 g/mol. The van der Waals surface area contributed by atoms with Crippen LogP contribution < -0.4 is 4.74 Å². The van der Waals surface area contributed by atoms with Gasteiger partial charge in [-0.15, -0.1) is 0 Å². The summed E-state index contributed by atoms with van der Waals surface area (Å²) < 4.78 is 32.4. The quantitative estimate of drug-likeness (QED) is 0.795. The van der Waals surface area contributed by atoms with Crippen molar-refractivity contribution in [3.05, 3.63) is 53.3 Å². The van der Waals surface area contributed by atoms with E-state index >= 15 is 0 Å². The number of fused-ring (bicyclic) bond motifs is 1. The number of ether oxygens (including phenoxy) is 1. The molecule has 0 fully saturated rings. The lowest BCUT2D eigenvalue weighted by molar-refractivity contribution is 0.293. The average molecular weight is 325 g/mol. The van der Waals surface area contributed by atoms with Crippen LogP contribution in [0.4, 0.5) is 0 Å². The van der Waals surface area contributed by atoms with Crippen molar-refractivity contribution in [3.8, 4) is 5.75 Å². The van der Waals surface area contributed by atoms with Gasteiger partial charge in [0.05, 0.1) is 0 Å². The van der Waals surface area contributed by atoms with E-state index in [1.165, 1.54) is 16.6 Å². The highest BCUT2D eigenvalue weighted by Gasteiger charge is 2.29. The van der Waals surface area contributed by atoms with Crippen molar-refractivity contribution >= 4 is 21.6 Å². The molecule has 0 bridgehead atoms. The summed E-state index contributed by atoms with van der Waals surface area (Å²) >= 11 is 5.92. The van der Waals surface area contributed by atoms with Gasteiger partial charge in [0.15, 0.2) is 0 Å². The molecule has 0 saturated carbocycles. The van der Waals surface area contributed by atoms with Gasteiger partial charge in [0.2, 0.25) is 10.0 Å². The predicted octanol–water partition coefficient (Wildman–Crippen LogP) is 2.32. The van der Waals surface area contributed by atoms with Crippen LogP contribution in [0.3, 0.4) is 0 Å². The highest BCUT2D eigenvalue weighted by Crippen LogP contribution is 2.28. The van der Waals surface area contributed by atoms with Crippen LogP contribution in [0.2, 0.25) is 5.15 Å². The Morgan fingerprint density at radius 1 is 1.19 bits per heavy atom. The fraction of sp³-hybridized carbons (Fsp3) is 0.214. The first kappa shape index (κ1) is 14.3. The van der Waals surface area contributed by atoms with E-state index in [2.05, 4.69) is 4.98 Å². The summed E-state index contributed by atoms with van der Waals surface area (Å²) in [5, 5.41) is -0.0176. The van der Waals surface area contributed by atoms with Gasteiger partial charge in [-0.2, -0.15) is 4.31 Å². The second-order valence-corrected chi connectivity index (χ2v) is 6.85. The molecule has 0 N–H and O–H groups in total. The summed E-state index contributed by atoms with van der Waals surface area (Å²) in [7, 11) is -3.70. The number of sulfonamides is 1. The Kier molecular flexibility index (Phi) is 3.84. The van der Waals surface area contributed by atoms with E-state index in [0.717, 1.165) is 5.56 Å². The summed E-state index contributed by atoms with van der Waals surface area (Å²) in [5.74, 6) is 0.715. The maximum atomic E-state index is 12.7. The van der Waals surface area contributed by atoms with E-state index in [1.54, 1.807) is 6.07 Å². The minimum absolute atomic E-state index is 0.0176. The second kappa shape index (κ2) is 5.63. The molecule has 0 spiro atoms. The van der Waals surface area contributed by atoms with Gasteiger partial charge in [-0.1, -0.05) is 29.8 Å². The molecule has 2 heterocycles. The van der Waals surface area contributed by atoms with Gasteiger partial charge >= 0.3 is 0 Å². The second-order valence-electron chi connectivity index (χ2n) is 4.59. The number of hydrogen-bond donors (Lipinski definition) is 0. The highest BCUT2D eigenvalue weighted by atomic mass is 35.5. The van der Waals surface area contributed by atoms with Crippen molar-refractivity contribution in [2.45, 2.75) is 11.4 Å². The molecule has 0 amide bonds. The maximum Gasteiger partial charge on any atom is 0.246 e. The standard InChI is InChI=1S/C14H13ClN2O3S/c15-14-13(6-3-7-16-14)21(18,19)17-8-9-20-12-5-2-1-4-11(12)10-17/h1-7H,8-10H2. The summed E-state index contributed by atoms with van der Waals surface area (Å²) in [6.07, 6.45) is 1.46. The molecule has 0 unspecified atom stereocenters. The highest BCUT2D eigenvalue weighted by molar-refractivity contribution is 7.89. The van der Waals surface area contributed by atoms with E-state index in [1.807, 2.05) is 24.3 Å². The van der Waals surface area contributed by atoms with Gasteiger partial charge in [0.25, 0.3) is 0 Å². The third-order valence-electron chi connectivity index (χ3n) is 3.26. The van der Waals surface area contributed by atoms with E-state index in [-0.39, 0.29) is 23.1 Å². The van der Waals surface area contributed by atoms with Crippen LogP contribution in [0.25, 0.3) is 0 Å². The predicted molar refractivity (Wildman–Crippen MR) is 78.8 cm³/mol. The minimum atomic E-state index is -3.70. The molecule has 0 saturated heterocycles. The third kappa shape index (κ3) is 2.74. The van der Waals surface area contributed by atoms with Crippen molar-refractivity contribution in [2.24, 2.45) is 0 Å². The van der Waals surface area contributed by atoms with Crippen molar-refractivity contribution < 1.29 is 13.2 Å². The van der Waals surface area contributed by atoms with E-state index in [4.69, 9.17) is 16.3 Å². The fourth-order valence-electron chi connectivity index (χ4n) is 2.21. The van der Waals surface area contributed by atoms with Crippen LogP contribution >= 0.6 is 11.6 Å². The molecule has 110 valence electrons.